The molecular formula is C24H20F7NO3. The number of halogens is 7. The molecule has 0 radical (unpaired) electrons. The maximum absolute atomic E-state index is 13.5. The van der Waals surface area contributed by atoms with Crippen molar-refractivity contribution in [2.75, 3.05) is 6.54 Å². The number of carbonyl (C=O) groups is 2. The second-order valence-corrected chi connectivity index (χ2v) is 8.72. The summed E-state index contributed by atoms with van der Waals surface area (Å²) in [6, 6.07) is 6.14. The van der Waals surface area contributed by atoms with E-state index in [1.54, 1.807) is 0 Å². The summed E-state index contributed by atoms with van der Waals surface area (Å²) in [6.45, 7) is 1.24. The summed E-state index contributed by atoms with van der Waals surface area (Å²) >= 11 is 0. The molecule has 4 atom stereocenters. The van der Waals surface area contributed by atoms with Crippen LogP contribution in [0.5, 0.6) is 0 Å². The fourth-order valence-corrected chi connectivity index (χ4v) is 4.80. The lowest BCUT2D eigenvalue weighted by atomic mass is 9.85. The zero-order chi connectivity index (χ0) is 25.7. The lowest BCUT2D eigenvalue weighted by molar-refractivity contribution is -0.148. The molecule has 2 saturated heterocycles. The zero-order valence-electron chi connectivity index (χ0n) is 18.3. The molecule has 11 heteroatoms. The first-order valence-electron chi connectivity index (χ1n) is 10.8. The Balaban J connectivity index is 1.69. The highest BCUT2D eigenvalue weighted by Crippen LogP contribution is 2.43. The molecule has 0 aliphatic carbocycles. The third-order valence-electron chi connectivity index (χ3n) is 6.47. The number of ether oxygens (including phenoxy) is 1. The van der Waals surface area contributed by atoms with E-state index in [-0.39, 0.29) is 24.6 Å². The molecule has 4 nitrogen and oxygen atoms in total. The summed E-state index contributed by atoms with van der Waals surface area (Å²) in [5.41, 5.74) is -2.68. The molecule has 0 spiro atoms. The van der Waals surface area contributed by atoms with Crippen LogP contribution in [0.15, 0.2) is 42.5 Å². The number of amides is 1. The standard InChI is InChI=1S/C24H20F7NO3/c1-12(14-8-15(23(26,27)28)10-16(9-14)24(29,30)31)35-20-11-32-18(6-7-19(33)22(32)34)21(20)13-2-4-17(25)5-3-13/h2-5,8-10,12,18,20-21H,6-7,11H2,1H3/t12-,18+,20+,21+/m1/s1. The Labute approximate surface area is 195 Å². The van der Waals surface area contributed by atoms with Crippen LogP contribution in [0.1, 0.15) is 54.0 Å². The Kier molecular flexibility index (Phi) is 6.41. The smallest absolute Gasteiger partial charge is 0.368 e. The van der Waals surface area contributed by atoms with E-state index in [1.807, 2.05) is 0 Å². The number of nitrogens with zero attached hydrogens (tertiary/aromatic N) is 1. The van der Waals surface area contributed by atoms with E-state index in [0.29, 0.717) is 24.1 Å². The predicted molar refractivity (Wildman–Crippen MR) is 109 cm³/mol. The average molecular weight is 503 g/mol. The van der Waals surface area contributed by atoms with E-state index >= 15 is 0 Å². The number of carbonyl (C=O) groups excluding carboxylic acids is 2. The van der Waals surface area contributed by atoms with Gasteiger partial charge in [-0.05, 0) is 54.8 Å². The lowest BCUT2D eigenvalue weighted by Crippen LogP contribution is -2.45. The number of ketones is 1. The fraction of sp³-hybridized carbons (Fsp3) is 0.417. The van der Waals surface area contributed by atoms with E-state index in [1.165, 1.54) is 36.1 Å². The Morgan fingerprint density at radius 3 is 2.06 bits per heavy atom. The molecule has 188 valence electrons. The number of alkyl halides is 6. The number of fused-ring (bicyclic) bond motifs is 1. The molecule has 0 bridgehead atoms. The quantitative estimate of drug-likeness (QED) is 0.399. The topological polar surface area (TPSA) is 46.6 Å². The van der Waals surface area contributed by atoms with Crippen LogP contribution in [0.2, 0.25) is 0 Å². The number of hydrogen-bond donors (Lipinski definition) is 0. The molecular weight excluding hydrogens is 483 g/mol. The molecule has 4 rings (SSSR count). The highest BCUT2D eigenvalue weighted by molar-refractivity contribution is 6.36. The van der Waals surface area contributed by atoms with Crippen LogP contribution >= 0.6 is 0 Å². The van der Waals surface area contributed by atoms with Crippen LogP contribution in [0, 0.1) is 5.82 Å². The number of rotatable bonds is 4. The van der Waals surface area contributed by atoms with Crippen molar-refractivity contribution >= 4 is 11.7 Å². The second-order valence-electron chi connectivity index (χ2n) is 8.72. The molecule has 2 fully saturated rings. The molecule has 35 heavy (non-hydrogen) atoms. The van der Waals surface area contributed by atoms with Gasteiger partial charge >= 0.3 is 12.4 Å². The van der Waals surface area contributed by atoms with Gasteiger partial charge in [0.2, 0.25) is 5.78 Å². The Morgan fingerprint density at radius 2 is 1.51 bits per heavy atom. The third-order valence-corrected chi connectivity index (χ3v) is 6.47. The first kappa shape index (κ1) is 25.2. The van der Waals surface area contributed by atoms with Crippen molar-refractivity contribution < 1.29 is 45.1 Å². The van der Waals surface area contributed by atoms with E-state index < -0.39 is 65.2 Å². The van der Waals surface area contributed by atoms with Crippen LogP contribution in [0.25, 0.3) is 0 Å². The fourth-order valence-electron chi connectivity index (χ4n) is 4.80. The minimum absolute atomic E-state index is 0.00252. The summed E-state index contributed by atoms with van der Waals surface area (Å²) in [7, 11) is 0. The normalized spacial score (nSPS) is 24.0. The summed E-state index contributed by atoms with van der Waals surface area (Å²) in [6.07, 6.45) is -11.8. The van der Waals surface area contributed by atoms with Gasteiger partial charge in [-0.3, -0.25) is 9.59 Å². The maximum Gasteiger partial charge on any atom is 0.416 e. The Bertz CT molecular complexity index is 1100. The van der Waals surface area contributed by atoms with Crippen molar-refractivity contribution in [1.29, 1.82) is 0 Å². The summed E-state index contributed by atoms with van der Waals surface area (Å²) in [5, 5.41) is 0. The van der Waals surface area contributed by atoms with Gasteiger partial charge in [0.05, 0.1) is 23.3 Å². The van der Waals surface area contributed by atoms with Gasteiger partial charge in [0, 0.05) is 24.9 Å². The van der Waals surface area contributed by atoms with Gasteiger partial charge in [-0.1, -0.05) is 12.1 Å². The van der Waals surface area contributed by atoms with Crippen LogP contribution in [0.4, 0.5) is 30.7 Å². The van der Waals surface area contributed by atoms with Crippen LogP contribution in [-0.4, -0.2) is 35.3 Å². The minimum Gasteiger partial charge on any atom is -0.368 e. The summed E-state index contributed by atoms with van der Waals surface area (Å²) in [4.78, 5) is 25.7. The molecule has 2 aromatic rings. The number of hydrogen-bond acceptors (Lipinski definition) is 3. The number of piperidine rings is 1. The van der Waals surface area contributed by atoms with Gasteiger partial charge in [-0.15, -0.1) is 0 Å². The minimum atomic E-state index is -5.01. The van der Waals surface area contributed by atoms with Gasteiger partial charge in [0.15, 0.2) is 0 Å². The van der Waals surface area contributed by atoms with Crippen molar-refractivity contribution in [3.05, 3.63) is 70.5 Å². The highest BCUT2D eigenvalue weighted by Gasteiger charge is 2.49. The molecule has 0 N–H and O–H groups in total. The van der Waals surface area contributed by atoms with E-state index in [9.17, 15) is 40.3 Å². The molecule has 0 saturated carbocycles. The molecule has 2 heterocycles. The van der Waals surface area contributed by atoms with Crippen molar-refractivity contribution in [3.8, 4) is 0 Å². The molecule has 0 aromatic heterocycles. The van der Waals surface area contributed by atoms with Crippen molar-refractivity contribution in [1.82, 2.24) is 4.90 Å². The first-order chi connectivity index (χ1) is 16.3. The third kappa shape index (κ3) is 5.05. The second kappa shape index (κ2) is 8.92. The number of Topliss-reactive ketones (excluding diaryl/α,β-unsaturated/α-hetero) is 1. The van der Waals surface area contributed by atoms with Gasteiger partial charge in [0.1, 0.15) is 5.82 Å². The average Bonchev–Trinajstić information content (AvgIpc) is 3.14. The zero-order valence-corrected chi connectivity index (χ0v) is 18.3. The SMILES string of the molecule is C[C@@H](O[C@H]1CN2C(=O)C(=O)CC[C@H]2[C@@H]1c1ccc(F)cc1)c1cc(C(F)(F)F)cc(C(F)(F)F)c1. The van der Waals surface area contributed by atoms with Gasteiger partial charge in [0.25, 0.3) is 5.91 Å². The van der Waals surface area contributed by atoms with Gasteiger partial charge < -0.3 is 9.64 Å². The largest absolute Gasteiger partial charge is 0.416 e. The number of benzene rings is 2. The Morgan fingerprint density at radius 1 is 0.943 bits per heavy atom. The van der Waals surface area contributed by atoms with Crippen molar-refractivity contribution in [2.24, 2.45) is 0 Å². The van der Waals surface area contributed by atoms with Crippen molar-refractivity contribution in [3.63, 3.8) is 0 Å². The molecule has 0 unspecified atom stereocenters. The van der Waals surface area contributed by atoms with E-state index in [4.69, 9.17) is 4.74 Å². The predicted octanol–water partition coefficient (Wildman–Crippen LogP) is 5.67. The Hall–Kier alpha value is -2.95. The van der Waals surface area contributed by atoms with Crippen LogP contribution in [0.3, 0.4) is 0 Å². The molecule has 2 aliphatic heterocycles. The van der Waals surface area contributed by atoms with Crippen LogP contribution < -0.4 is 0 Å². The summed E-state index contributed by atoms with van der Waals surface area (Å²) < 4.78 is 99.2. The molecule has 2 aromatic carbocycles. The van der Waals surface area contributed by atoms with E-state index in [2.05, 4.69) is 0 Å². The first-order valence-corrected chi connectivity index (χ1v) is 10.8. The van der Waals surface area contributed by atoms with E-state index in [0.717, 1.165) is 0 Å². The summed E-state index contributed by atoms with van der Waals surface area (Å²) in [5.74, 6) is -2.36. The maximum atomic E-state index is 13.5. The molecule has 1 amide bonds. The highest BCUT2D eigenvalue weighted by atomic mass is 19.4. The lowest BCUT2D eigenvalue weighted by Gasteiger charge is -2.31. The van der Waals surface area contributed by atoms with Crippen LogP contribution in [-0.2, 0) is 26.7 Å². The molecule has 2 aliphatic rings. The van der Waals surface area contributed by atoms with Crippen molar-refractivity contribution in [2.45, 2.75) is 56.3 Å². The van der Waals surface area contributed by atoms with Gasteiger partial charge in [-0.2, -0.15) is 26.3 Å². The van der Waals surface area contributed by atoms with Gasteiger partial charge in [-0.25, -0.2) is 4.39 Å². The monoisotopic (exact) mass is 503 g/mol.